The fourth-order valence-corrected chi connectivity index (χ4v) is 3.10. The highest BCUT2D eigenvalue weighted by Gasteiger charge is 2.33. The van der Waals surface area contributed by atoms with Crippen molar-refractivity contribution in [3.8, 4) is 0 Å². The van der Waals surface area contributed by atoms with Gasteiger partial charge in [0.05, 0.1) is 36.4 Å². The minimum Gasteiger partial charge on any atom is -0.388 e. The molecule has 122 valence electrons. The van der Waals surface area contributed by atoms with Gasteiger partial charge in [-0.2, -0.15) is 0 Å². The number of likely N-dealkylation sites (N-methyl/N-ethyl adjacent to an activating group) is 1. The van der Waals surface area contributed by atoms with Crippen molar-refractivity contribution in [2.45, 2.75) is 32.9 Å². The van der Waals surface area contributed by atoms with Crippen molar-refractivity contribution < 1.29 is 14.6 Å². The van der Waals surface area contributed by atoms with Crippen LogP contribution in [0, 0.1) is 20.8 Å². The molecular weight excluding hydrogens is 292 g/mol. The summed E-state index contributed by atoms with van der Waals surface area (Å²) in [5, 5.41) is 10.9. The monoisotopic (exact) mass is 314 g/mol. The van der Waals surface area contributed by atoms with Crippen LogP contribution >= 0.6 is 0 Å². The van der Waals surface area contributed by atoms with Crippen LogP contribution in [0.1, 0.15) is 27.2 Å². The van der Waals surface area contributed by atoms with Gasteiger partial charge in [-0.3, -0.25) is 9.78 Å². The zero-order valence-corrected chi connectivity index (χ0v) is 14.0. The van der Waals surface area contributed by atoms with Gasteiger partial charge in [0.1, 0.15) is 0 Å². The molecule has 1 fully saturated rings. The Hall–Kier alpha value is -1.98. The van der Waals surface area contributed by atoms with Crippen LogP contribution in [-0.4, -0.2) is 53.3 Å². The first-order valence-corrected chi connectivity index (χ1v) is 7.80. The zero-order chi connectivity index (χ0) is 16.7. The highest BCUT2D eigenvalue weighted by atomic mass is 16.5. The maximum Gasteiger partial charge on any atom is 0.255 e. The average molecular weight is 314 g/mol. The molecule has 5 heteroatoms. The summed E-state index contributed by atoms with van der Waals surface area (Å²) in [4.78, 5) is 19.3. The van der Waals surface area contributed by atoms with Crippen molar-refractivity contribution >= 4 is 16.8 Å². The number of amides is 1. The van der Waals surface area contributed by atoms with Gasteiger partial charge in [-0.1, -0.05) is 11.6 Å². The summed E-state index contributed by atoms with van der Waals surface area (Å²) in [6.45, 7) is 6.48. The highest BCUT2D eigenvalue weighted by molar-refractivity contribution is 6.07. The molecule has 0 aliphatic carbocycles. The van der Waals surface area contributed by atoms with E-state index in [0.717, 1.165) is 27.7 Å². The van der Waals surface area contributed by atoms with Crippen LogP contribution in [0.4, 0.5) is 0 Å². The third-order valence-corrected chi connectivity index (χ3v) is 4.68. The van der Waals surface area contributed by atoms with Crippen molar-refractivity contribution in [3.05, 3.63) is 40.6 Å². The molecule has 1 aromatic carbocycles. The lowest BCUT2D eigenvalue weighted by Crippen LogP contribution is -2.44. The number of ether oxygens (including phenoxy) is 1. The van der Waals surface area contributed by atoms with E-state index in [2.05, 4.69) is 4.98 Å². The molecule has 1 amide bonds. The Morgan fingerprint density at radius 1 is 1.30 bits per heavy atom. The molecular formula is C18H22N2O3. The number of hydrogen-bond acceptors (Lipinski definition) is 4. The lowest BCUT2D eigenvalue weighted by molar-refractivity contribution is 0.0582. The van der Waals surface area contributed by atoms with E-state index in [4.69, 9.17) is 4.74 Å². The second-order valence-corrected chi connectivity index (χ2v) is 6.31. The Balaban J connectivity index is 2.12. The van der Waals surface area contributed by atoms with Crippen molar-refractivity contribution in [2.75, 3.05) is 20.3 Å². The topological polar surface area (TPSA) is 62.7 Å². The van der Waals surface area contributed by atoms with Crippen molar-refractivity contribution in [3.63, 3.8) is 0 Å². The summed E-state index contributed by atoms with van der Waals surface area (Å²) in [5.41, 5.74) is 4.30. The number of pyridine rings is 1. The maximum absolute atomic E-state index is 13.1. The zero-order valence-electron chi connectivity index (χ0n) is 14.0. The van der Waals surface area contributed by atoms with Crippen molar-refractivity contribution in [2.24, 2.45) is 0 Å². The van der Waals surface area contributed by atoms with Gasteiger partial charge >= 0.3 is 0 Å². The van der Waals surface area contributed by atoms with E-state index >= 15 is 0 Å². The second kappa shape index (κ2) is 5.91. The van der Waals surface area contributed by atoms with Crippen molar-refractivity contribution in [1.29, 1.82) is 0 Å². The van der Waals surface area contributed by atoms with Crippen LogP contribution in [0.5, 0.6) is 0 Å². The number of carbonyl (C=O) groups is 1. The molecule has 1 aromatic heterocycles. The summed E-state index contributed by atoms with van der Waals surface area (Å²) in [7, 11) is 1.72. The van der Waals surface area contributed by atoms with E-state index in [1.807, 2.05) is 39.0 Å². The molecule has 2 atom stereocenters. The largest absolute Gasteiger partial charge is 0.388 e. The molecule has 1 aliphatic heterocycles. The number of carbonyl (C=O) groups excluding carboxylic acids is 1. The molecule has 0 spiro atoms. The Labute approximate surface area is 135 Å². The molecule has 23 heavy (non-hydrogen) atoms. The summed E-state index contributed by atoms with van der Waals surface area (Å²) in [5.74, 6) is -0.0989. The van der Waals surface area contributed by atoms with Crippen LogP contribution in [0.25, 0.3) is 10.9 Å². The molecule has 1 aliphatic rings. The minimum atomic E-state index is -0.639. The number of hydrogen-bond donors (Lipinski definition) is 1. The predicted octanol–water partition coefficient (Wildman–Crippen LogP) is 1.99. The fraction of sp³-hybridized carbons (Fsp3) is 0.444. The third-order valence-electron chi connectivity index (χ3n) is 4.68. The molecule has 2 aromatic rings. The molecule has 0 saturated carbocycles. The summed E-state index contributed by atoms with van der Waals surface area (Å²) in [6.07, 6.45) is -0.639. The van der Waals surface area contributed by atoms with Gasteiger partial charge in [-0.15, -0.1) is 0 Å². The Kier molecular flexibility index (Phi) is 4.08. The van der Waals surface area contributed by atoms with Crippen LogP contribution in [-0.2, 0) is 4.74 Å². The number of fused-ring (bicyclic) bond motifs is 1. The number of aryl methyl sites for hydroxylation is 2. The fourth-order valence-electron chi connectivity index (χ4n) is 3.10. The maximum atomic E-state index is 13.1. The van der Waals surface area contributed by atoms with Gasteiger partial charge in [0.2, 0.25) is 0 Å². The first-order chi connectivity index (χ1) is 10.9. The van der Waals surface area contributed by atoms with E-state index < -0.39 is 6.10 Å². The van der Waals surface area contributed by atoms with Gasteiger partial charge in [-0.25, -0.2) is 0 Å². The standard InChI is InChI=1S/C18H22N2O3/c1-10-5-6-14-13(7-10)17(11(2)12(3)19-14)18(22)20(4)15-8-23-9-16(15)21/h5-7,15-16,21H,8-9H2,1-4H3/t15-,16-/m0/s1. The molecule has 0 unspecified atom stereocenters. The Morgan fingerprint density at radius 2 is 2.04 bits per heavy atom. The minimum absolute atomic E-state index is 0.0989. The van der Waals surface area contributed by atoms with Gasteiger partial charge in [0.25, 0.3) is 5.91 Å². The molecule has 1 N–H and O–H groups in total. The van der Waals surface area contributed by atoms with Gasteiger partial charge in [-0.05, 0) is 38.5 Å². The first-order valence-electron chi connectivity index (χ1n) is 7.80. The van der Waals surface area contributed by atoms with Gasteiger partial charge in [0.15, 0.2) is 0 Å². The van der Waals surface area contributed by atoms with Crippen molar-refractivity contribution in [1.82, 2.24) is 9.88 Å². The number of rotatable bonds is 2. The van der Waals surface area contributed by atoms with Gasteiger partial charge < -0.3 is 14.7 Å². The van der Waals surface area contributed by atoms with Crippen LogP contribution in [0.15, 0.2) is 18.2 Å². The lowest BCUT2D eigenvalue weighted by Gasteiger charge is -2.27. The van der Waals surface area contributed by atoms with E-state index in [-0.39, 0.29) is 18.6 Å². The lowest BCUT2D eigenvalue weighted by atomic mass is 9.98. The quantitative estimate of drug-likeness (QED) is 0.921. The molecule has 0 bridgehead atoms. The third kappa shape index (κ3) is 2.71. The molecule has 0 radical (unpaired) electrons. The predicted molar refractivity (Wildman–Crippen MR) is 88.7 cm³/mol. The normalized spacial score (nSPS) is 20.9. The van der Waals surface area contributed by atoms with E-state index in [9.17, 15) is 9.90 Å². The SMILES string of the molecule is Cc1ccc2nc(C)c(C)c(C(=O)N(C)[C@H]3COC[C@@H]3O)c2c1. The number of aliphatic hydroxyl groups is 1. The smallest absolute Gasteiger partial charge is 0.255 e. The van der Waals surface area contributed by atoms with E-state index in [0.29, 0.717) is 12.2 Å². The number of benzene rings is 1. The Morgan fingerprint density at radius 3 is 2.70 bits per heavy atom. The van der Waals surface area contributed by atoms with E-state index in [1.54, 1.807) is 11.9 Å². The number of nitrogens with zero attached hydrogens (tertiary/aromatic N) is 2. The van der Waals surface area contributed by atoms with Gasteiger partial charge in [0, 0.05) is 18.1 Å². The number of aromatic nitrogens is 1. The Bertz CT molecular complexity index is 772. The molecule has 5 nitrogen and oxygen atoms in total. The van der Waals surface area contributed by atoms with Crippen LogP contribution < -0.4 is 0 Å². The summed E-state index contributed by atoms with van der Waals surface area (Å²) in [6, 6.07) is 5.63. The summed E-state index contributed by atoms with van der Waals surface area (Å²) < 4.78 is 5.28. The number of aliphatic hydroxyl groups excluding tert-OH is 1. The first kappa shape index (κ1) is 15.9. The summed E-state index contributed by atoms with van der Waals surface area (Å²) >= 11 is 0. The average Bonchev–Trinajstić information content (AvgIpc) is 2.94. The molecule has 3 rings (SSSR count). The van der Waals surface area contributed by atoms with Crippen LogP contribution in [0.3, 0.4) is 0 Å². The highest BCUT2D eigenvalue weighted by Crippen LogP contribution is 2.26. The molecule has 1 saturated heterocycles. The molecule has 2 heterocycles. The van der Waals surface area contributed by atoms with E-state index in [1.165, 1.54) is 0 Å². The second-order valence-electron chi connectivity index (χ2n) is 6.31. The van der Waals surface area contributed by atoms with Crippen LogP contribution in [0.2, 0.25) is 0 Å².